The molecule has 116 valence electrons. The van der Waals surface area contributed by atoms with Crippen LogP contribution < -0.4 is 5.73 Å². The minimum absolute atomic E-state index is 0.0993. The van der Waals surface area contributed by atoms with Crippen LogP contribution in [-0.4, -0.2) is 16.5 Å². The van der Waals surface area contributed by atoms with Crippen molar-refractivity contribution >= 4 is 58.1 Å². The quantitative estimate of drug-likeness (QED) is 0.778. The number of carbonyl (C=O) groups is 2. The van der Waals surface area contributed by atoms with E-state index in [1.165, 1.54) is 6.07 Å². The van der Waals surface area contributed by atoms with Crippen LogP contribution in [0.2, 0.25) is 10.0 Å². The van der Waals surface area contributed by atoms with Gasteiger partial charge in [-0.1, -0.05) is 53.3 Å². The fourth-order valence-corrected chi connectivity index (χ4v) is 3.31. The lowest BCUT2D eigenvalue weighted by Crippen LogP contribution is -2.38. The third-order valence-corrected chi connectivity index (χ3v) is 4.98. The van der Waals surface area contributed by atoms with Crippen molar-refractivity contribution in [1.29, 1.82) is 0 Å². The average molecular weight is 371 g/mol. The van der Waals surface area contributed by atoms with Gasteiger partial charge >= 0.3 is 0 Å². The zero-order chi connectivity index (χ0) is 16.5. The van der Waals surface area contributed by atoms with Gasteiger partial charge in [-0.05, 0) is 37.5 Å². The molecular formula is C14H15Cl4NO2. The maximum Gasteiger partial charge on any atom is 0.249 e. The van der Waals surface area contributed by atoms with Crippen molar-refractivity contribution in [2.75, 3.05) is 0 Å². The highest BCUT2D eigenvalue weighted by atomic mass is 35.5. The van der Waals surface area contributed by atoms with Gasteiger partial charge in [0.25, 0.3) is 0 Å². The molecule has 1 amide bonds. The summed E-state index contributed by atoms with van der Waals surface area (Å²) in [4.78, 5) is 22.9. The highest BCUT2D eigenvalue weighted by molar-refractivity contribution is 6.54. The molecule has 0 heterocycles. The Hall–Kier alpha value is -0.480. The van der Waals surface area contributed by atoms with E-state index < -0.39 is 21.9 Å². The Bertz CT molecular complexity index is 601. The van der Waals surface area contributed by atoms with Crippen LogP contribution in [0.15, 0.2) is 6.07 Å². The molecule has 0 bridgehead atoms. The predicted molar refractivity (Wildman–Crippen MR) is 87.9 cm³/mol. The molecule has 0 aliphatic carbocycles. The van der Waals surface area contributed by atoms with E-state index in [0.717, 1.165) is 0 Å². The van der Waals surface area contributed by atoms with E-state index in [-0.39, 0.29) is 10.6 Å². The second-order valence-corrected chi connectivity index (χ2v) is 6.82. The van der Waals surface area contributed by atoms with Gasteiger partial charge in [0, 0.05) is 15.6 Å². The lowest BCUT2D eigenvalue weighted by molar-refractivity contribution is -0.122. The van der Waals surface area contributed by atoms with Gasteiger partial charge in [-0.15, -0.1) is 0 Å². The zero-order valence-corrected chi connectivity index (χ0v) is 14.8. The number of ketones is 1. The molecule has 1 aromatic rings. The molecule has 1 aromatic carbocycles. The molecule has 1 unspecified atom stereocenters. The lowest BCUT2D eigenvalue weighted by Gasteiger charge is -2.31. The van der Waals surface area contributed by atoms with Crippen LogP contribution in [0.5, 0.6) is 0 Å². The Morgan fingerprint density at radius 2 is 1.86 bits per heavy atom. The molecule has 2 N–H and O–H groups in total. The molecule has 7 heteroatoms. The Labute approximate surface area is 143 Å². The molecule has 0 saturated heterocycles. The number of carbonyl (C=O) groups excluding carboxylic acids is 2. The molecular weight excluding hydrogens is 356 g/mol. The summed E-state index contributed by atoms with van der Waals surface area (Å²) in [5.74, 6) is -1.17. The molecule has 1 atom stereocenters. The largest absolute Gasteiger partial charge is 0.366 e. The van der Waals surface area contributed by atoms with Crippen LogP contribution >= 0.6 is 46.4 Å². The Morgan fingerprint density at radius 3 is 2.24 bits per heavy atom. The van der Waals surface area contributed by atoms with Crippen LogP contribution in [0.1, 0.15) is 41.8 Å². The van der Waals surface area contributed by atoms with E-state index in [0.29, 0.717) is 22.6 Å². The van der Waals surface area contributed by atoms with Crippen molar-refractivity contribution in [2.45, 2.75) is 37.4 Å². The molecule has 21 heavy (non-hydrogen) atoms. The summed E-state index contributed by atoms with van der Waals surface area (Å²) >= 11 is 23.8. The number of Topliss-reactive ketones (excluding diaryl/α,β-unsaturated/α-hetero) is 1. The number of hydrogen-bond donors (Lipinski definition) is 1. The predicted octanol–water partition coefficient (Wildman–Crippen LogP) is 4.44. The summed E-state index contributed by atoms with van der Waals surface area (Å²) in [6, 6.07) is 1.42. The van der Waals surface area contributed by atoms with E-state index in [9.17, 15) is 9.59 Å². The SMILES string of the molecule is CCC(C)(C(=O)C(Cl)Cl)c1c(C(N)=O)cc(Cl)c(C)c1Cl. The smallest absolute Gasteiger partial charge is 0.249 e. The summed E-state index contributed by atoms with van der Waals surface area (Å²) < 4.78 is 0. The first-order valence-corrected chi connectivity index (χ1v) is 7.82. The van der Waals surface area contributed by atoms with Crippen molar-refractivity contribution in [3.63, 3.8) is 0 Å². The van der Waals surface area contributed by atoms with Crippen LogP contribution in [-0.2, 0) is 10.2 Å². The third-order valence-electron chi connectivity index (χ3n) is 3.71. The topological polar surface area (TPSA) is 60.2 Å². The van der Waals surface area contributed by atoms with Gasteiger partial charge in [-0.2, -0.15) is 0 Å². The molecule has 0 radical (unpaired) electrons. The third kappa shape index (κ3) is 3.31. The van der Waals surface area contributed by atoms with Crippen molar-refractivity contribution in [3.05, 3.63) is 32.8 Å². The number of rotatable bonds is 5. The second-order valence-electron chi connectivity index (χ2n) is 4.93. The van der Waals surface area contributed by atoms with E-state index in [2.05, 4.69) is 0 Å². The summed E-state index contributed by atoms with van der Waals surface area (Å²) in [6.07, 6.45) is 0.350. The Morgan fingerprint density at radius 1 is 1.33 bits per heavy atom. The number of amides is 1. The number of primary amides is 1. The van der Waals surface area contributed by atoms with Crippen LogP contribution in [0.25, 0.3) is 0 Å². The van der Waals surface area contributed by atoms with E-state index >= 15 is 0 Å². The maximum absolute atomic E-state index is 12.4. The minimum atomic E-state index is -1.23. The number of halogens is 4. The number of benzene rings is 1. The summed E-state index contributed by atoms with van der Waals surface area (Å²) in [6.45, 7) is 5.10. The van der Waals surface area contributed by atoms with Gasteiger partial charge in [-0.25, -0.2) is 0 Å². The molecule has 1 rings (SSSR count). The van der Waals surface area contributed by atoms with Crippen LogP contribution in [0.4, 0.5) is 0 Å². The Balaban J connectivity index is 3.78. The molecule has 0 aromatic heterocycles. The summed E-state index contributed by atoms with van der Waals surface area (Å²) in [5.41, 5.74) is 5.24. The zero-order valence-electron chi connectivity index (χ0n) is 11.8. The normalized spacial score (nSPS) is 14.1. The van der Waals surface area contributed by atoms with Gasteiger partial charge in [0.1, 0.15) is 0 Å². The van der Waals surface area contributed by atoms with Gasteiger partial charge < -0.3 is 5.73 Å². The van der Waals surface area contributed by atoms with Crippen LogP contribution in [0, 0.1) is 6.92 Å². The first-order chi connectivity index (χ1) is 9.57. The van der Waals surface area contributed by atoms with Gasteiger partial charge in [0.05, 0.1) is 5.41 Å². The highest BCUT2D eigenvalue weighted by Crippen LogP contribution is 2.42. The van der Waals surface area contributed by atoms with Gasteiger partial charge in [0.15, 0.2) is 10.6 Å². The minimum Gasteiger partial charge on any atom is -0.366 e. The summed E-state index contributed by atoms with van der Waals surface area (Å²) in [7, 11) is 0. The fourth-order valence-electron chi connectivity index (χ4n) is 2.17. The van der Waals surface area contributed by atoms with Crippen molar-refractivity contribution < 1.29 is 9.59 Å². The molecule has 0 saturated carbocycles. The first-order valence-electron chi connectivity index (χ1n) is 6.19. The molecule has 0 aliphatic rings. The molecule has 0 spiro atoms. The second kappa shape index (κ2) is 6.74. The summed E-state index contributed by atoms with van der Waals surface area (Å²) in [5, 5.41) is 0.528. The molecule has 0 fully saturated rings. The van der Waals surface area contributed by atoms with E-state index in [1.54, 1.807) is 20.8 Å². The number of alkyl halides is 2. The Kier molecular flexibility index (Phi) is 5.96. The fraction of sp³-hybridized carbons (Fsp3) is 0.429. The van der Waals surface area contributed by atoms with Crippen molar-refractivity contribution in [2.24, 2.45) is 5.73 Å². The highest BCUT2D eigenvalue weighted by Gasteiger charge is 2.41. The van der Waals surface area contributed by atoms with Gasteiger partial charge in [-0.3, -0.25) is 9.59 Å². The van der Waals surface area contributed by atoms with Crippen molar-refractivity contribution in [3.8, 4) is 0 Å². The van der Waals surface area contributed by atoms with Crippen molar-refractivity contribution in [1.82, 2.24) is 0 Å². The monoisotopic (exact) mass is 369 g/mol. The molecule has 3 nitrogen and oxygen atoms in total. The van der Waals surface area contributed by atoms with Crippen LogP contribution in [0.3, 0.4) is 0 Å². The average Bonchev–Trinajstić information content (AvgIpc) is 2.42. The van der Waals surface area contributed by atoms with E-state index in [1.807, 2.05) is 0 Å². The first kappa shape index (κ1) is 18.6. The van der Waals surface area contributed by atoms with E-state index in [4.69, 9.17) is 52.1 Å². The molecule has 0 aliphatic heterocycles. The lowest BCUT2D eigenvalue weighted by atomic mass is 9.74. The van der Waals surface area contributed by atoms with Gasteiger partial charge in [0.2, 0.25) is 5.91 Å². The number of hydrogen-bond acceptors (Lipinski definition) is 2. The number of nitrogens with two attached hydrogens (primary N) is 1. The standard InChI is InChI=1S/C14H15Cl4NO2/c1-4-14(3,11(20)12(17)18)9-7(13(19)21)5-8(15)6(2)10(9)16/h5,12H,4H2,1-3H3,(H2,19,21). The maximum atomic E-state index is 12.4.